The van der Waals surface area contributed by atoms with Crippen LogP contribution in [-0.2, 0) is 4.43 Å². The molecule has 0 aromatic carbocycles. The maximum absolute atomic E-state index is 10.1. The van der Waals surface area contributed by atoms with Gasteiger partial charge in [-0.25, -0.2) is 0 Å². The summed E-state index contributed by atoms with van der Waals surface area (Å²) in [6.07, 6.45) is 1.76. The summed E-state index contributed by atoms with van der Waals surface area (Å²) in [7, 11) is 0.756. The van der Waals surface area contributed by atoms with Crippen LogP contribution in [0.15, 0.2) is 0 Å². The third kappa shape index (κ3) is 2.03. The molecule has 0 unspecified atom stereocenters. The van der Waals surface area contributed by atoms with Crippen LogP contribution in [0.4, 0.5) is 0 Å². The summed E-state index contributed by atoms with van der Waals surface area (Å²) in [5.74, 6) is 0. The van der Waals surface area contributed by atoms with E-state index in [4.69, 9.17) is 4.43 Å². The summed E-state index contributed by atoms with van der Waals surface area (Å²) in [5, 5.41) is 11.6. The smallest absolute Gasteiger partial charge is 0.146 e. The quantitative estimate of drug-likeness (QED) is 0.667. The van der Waals surface area contributed by atoms with Crippen molar-refractivity contribution in [2.24, 2.45) is 0 Å². The van der Waals surface area contributed by atoms with Gasteiger partial charge in [0.15, 0.2) is 0 Å². The minimum atomic E-state index is -0.207. The van der Waals surface area contributed by atoms with Crippen LogP contribution < -0.4 is 0 Å². The van der Waals surface area contributed by atoms with E-state index >= 15 is 0 Å². The van der Waals surface area contributed by atoms with Crippen LogP contribution in [-0.4, -0.2) is 37.4 Å². The van der Waals surface area contributed by atoms with Gasteiger partial charge in [0, 0.05) is 11.1 Å². The molecule has 84 valence electrons. The van der Waals surface area contributed by atoms with E-state index in [9.17, 15) is 5.21 Å². The molecule has 1 rings (SSSR count). The van der Waals surface area contributed by atoms with E-state index in [0.717, 1.165) is 23.3 Å². The average Bonchev–Trinajstić information content (AvgIpc) is 1.99. The molecule has 0 aliphatic carbocycles. The third-order valence-electron chi connectivity index (χ3n) is 3.25. The van der Waals surface area contributed by atoms with Gasteiger partial charge < -0.3 is 9.63 Å². The first-order valence-corrected chi connectivity index (χ1v) is 5.99. The summed E-state index contributed by atoms with van der Waals surface area (Å²) in [6, 6.07) is 0. The standard InChI is InChI=1S/C10H23NO2Si/c1-8(2)6-10(5,13-14)7-9(3,4)11(8)12/h12H,6-7H2,1-5,14H3. The lowest BCUT2D eigenvalue weighted by atomic mass is 9.73. The molecular formula is C10H23NO2Si. The van der Waals surface area contributed by atoms with Gasteiger partial charge in [-0.15, -0.1) is 0 Å². The monoisotopic (exact) mass is 217 g/mol. The van der Waals surface area contributed by atoms with Crippen LogP contribution in [0.1, 0.15) is 47.5 Å². The highest BCUT2D eigenvalue weighted by Crippen LogP contribution is 2.43. The molecule has 1 fully saturated rings. The lowest BCUT2D eigenvalue weighted by Gasteiger charge is -2.55. The molecule has 0 saturated carbocycles. The van der Waals surface area contributed by atoms with Crippen molar-refractivity contribution in [3.8, 4) is 0 Å². The highest BCUT2D eigenvalue weighted by molar-refractivity contribution is 5.98. The first-order valence-electron chi connectivity index (χ1n) is 5.17. The predicted octanol–water partition coefficient (Wildman–Crippen LogP) is 1.08. The fraction of sp³-hybridized carbons (Fsp3) is 1.00. The van der Waals surface area contributed by atoms with Crippen molar-refractivity contribution in [2.75, 3.05) is 0 Å². The summed E-state index contributed by atoms with van der Waals surface area (Å²) in [4.78, 5) is 0. The molecule has 14 heavy (non-hydrogen) atoms. The third-order valence-corrected chi connectivity index (χ3v) is 4.24. The Labute approximate surface area is 89.9 Å². The number of hydroxylamine groups is 2. The lowest BCUT2D eigenvalue weighted by molar-refractivity contribution is -0.268. The van der Waals surface area contributed by atoms with Crippen molar-refractivity contribution in [1.82, 2.24) is 5.06 Å². The zero-order valence-electron chi connectivity index (χ0n) is 10.2. The number of hydrogen-bond acceptors (Lipinski definition) is 3. The topological polar surface area (TPSA) is 32.7 Å². The van der Waals surface area contributed by atoms with E-state index in [1.165, 1.54) is 5.06 Å². The first-order chi connectivity index (χ1) is 6.13. The second kappa shape index (κ2) is 3.30. The van der Waals surface area contributed by atoms with Gasteiger partial charge >= 0.3 is 0 Å². The van der Waals surface area contributed by atoms with Gasteiger partial charge in [-0.2, -0.15) is 5.06 Å². The number of hydrogen-bond donors (Lipinski definition) is 1. The maximum Gasteiger partial charge on any atom is 0.146 e. The van der Waals surface area contributed by atoms with E-state index in [0.29, 0.717) is 0 Å². The fourth-order valence-corrected chi connectivity index (χ4v) is 3.29. The Morgan fingerprint density at radius 2 is 1.43 bits per heavy atom. The maximum atomic E-state index is 10.1. The molecule has 1 heterocycles. The molecule has 0 bridgehead atoms. The molecule has 1 aliphatic rings. The van der Waals surface area contributed by atoms with E-state index in [2.05, 4.69) is 34.6 Å². The van der Waals surface area contributed by atoms with Crippen molar-refractivity contribution in [1.29, 1.82) is 0 Å². The van der Waals surface area contributed by atoms with Crippen LogP contribution in [0, 0.1) is 0 Å². The van der Waals surface area contributed by atoms with E-state index in [1.807, 2.05) is 0 Å². The number of rotatable bonds is 1. The molecule has 0 amide bonds. The van der Waals surface area contributed by atoms with Gasteiger partial charge in [-0.1, -0.05) is 0 Å². The highest BCUT2D eigenvalue weighted by atomic mass is 28.2. The van der Waals surface area contributed by atoms with Crippen LogP contribution >= 0.6 is 0 Å². The average molecular weight is 217 g/mol. The fourth-order valence-electron chi connectivity index (χ4n) is 3.01. The van der Waals surface area contributed by atoms with Gasteiger partial charge in [-0.3, -0.25) is 0 Å². The molecule has 0 radical (unpaired) electrons. The minimum absolute atomic E-state index is 0.0710. The zero-order valence-corrected chi connectivity index (χ0v) is 12.2. The molecule has 0 aromatic rings. The summed E-state index contributed by atoms with van der Waals surface area (Å²) in [5.41, 5.74) is -0.486. The SMILES string of the molecule is CC1(O[SiH3])CC(C)(C)N(O)C(C)(C)C1. The summed E-state index contributed by atoms with van der Waals surface area (Å²) < 4.78 is 5.70. The second-order valence-electron chi connectivity index (χ2n) is 5.94. The Morgan fingerprint density at radius 3 is 1.71 bits per heavy atom. The first kappa shape index (κ1) is 12.2. The van der Waals surface area contributed by atoms with Gasteiger partial charge in [0.1, 0.15) is 10.5 Å². The Kier molecular flexibility index (Phi) is 2.87. The number of nitrogens with zero attached hydrogens (tertiary/aromatic N) is 1. The largest absolute Gasteiger partial charge is 0.423 e. The Balaban J connectivity index is 2.97. The van der Waals surface area contributed by atoms with Crippen molar-refractivity contribution >= 4 is 10.5 Å². The summed E-state index contributed by atoms with van der Waals surface area (Å²) >= 11 is 0. The molecular weight excluding hydrogens is 194 g/mol. The lowest BCUT2D eigenvalue weighted by Crippen LogP contribution is -2.63. The van der Waals surface area contributed by atoms with Gasteiger partial charge in [0.05, 0.1) is 5.60 Å². The normalized spacial score (nSPS) is 30.4. The molecule has 3 nitrogen and oxygen atoms in total. The Bertz CT molecular complexity index is 205. The number of piperidine rings is 1. The molecule has 0 aromatic heterocycles. The van der Waals surface area contributed by atoms with Crippen molar-refractivity contribution in [2.45, 2.75) is 64.1 Å². The van der Waals surface area contributed by atoms with E-state index in [-0.39, 0.29) is 16.7 Å². The molecule has 0 spiro atoms. The molecule has 0 atom stereocenters. The Morgan fingerprint density at radius 1 is 1.07 bits per heavy atom. The van der Waals surface area contributed by atoms with Gasteiger partial charge in [0.2, 0.25) is 0 Å². The van der Waals surface area contributed by atoms with Gasteiger partial charge in [-0.05, 0) is 47.5 Å². The van der Waals surface area contributed by atoms with E-state index < -0.39 is 0 Å². The van der Waals surface area contributed by atoms with Crippen LogP contribution in [0.25, 0.3) is 0 Å². The molecule has 1 saturated heterocycles. The summed E-state index contributed by atoms with van der Waals surface area (Å²) in [6.45, 7) is 10.4. The van der Waals surface area contributed by atoms with Crippen LogP contribution in [0.3, 0.4) is 0 Å². The second-order valence-corrected chi connectivity index (χ2v) is 6.35. The molecule has 4 heteroatoms. The van der Waals surface area contributed by atoms with Crippen molar-refractivity contribution in [3.05, 3.63) is 0 Å². The van der Waals surface area contributed by atoms with Crippen LogP contribution in [0.5, 0.6) is 0 Å². The van der Waals surface area contributed by atoms with Gasteiger partial charge in [0.25, 0.3) is 0 Å². The Hall–Kier alpha value is 0.0969. The highest BCUT2D eigenvalue weighted by Gasteiger charge is 2.50. The van der Waals surface area contributed by atoms with Crippen molar-refractivity contribution < 1.29 is 9.63 Å². The molecule has 1 N–H and O–H groups in total. The van der Waals surface area contributed by atoms with Crippen LogP contribution in [0.2, 0.25) is 0 Å². The zero-order chi connectivity index (χ0) is 11.2. The minimum Gasteiger partial charge on any atom is -0.423 e. The predicted molar refractivity (Wildman–Crippen MR) is 60.4 cm³/mol. The molecule has 1 aliphatic heterocycles. The van der Waals surface area contributed by atoms with Crippen molar-refractivity contribution in [3.63, 3.8) is 0 Å². The van der Waals surface area contributed by atoms with E-state index in [1.54, 1.807) is 0 Å².